The molecule has 1 aliphatic rings. The summed E-state index contributed by atoms with van der Waals surface area (Å²) in [5.41, 5.74) is 0.543. The molecule has 0 N–H and O–H groups in total. The third-order valence-electron chi connectivity index (χ3n) is 3.20. The summed E-state index contributed by atoms with van der Waals surface area (Å²) < 4.78 is 38.8. The first-order valence-electron chi connectivity index (χ1n) is 6.48. The van der Waals surface area contributed by atoms with Crippen molar-refractivity contribution in [2.75, 3.05) is 13.9 Å². The topological polar surface area (TPSA) is 18.5 Å². The van der Waals surface area contributed by atoms with Crippen molar-refractivity contribution in [3.8, 4) is 0 Å². The van der Waals surface area contributed by atoms with Gasteiger partial charge in [-0.25, -0.2) is 8.78 Å². The van der Waals surface area contributed by atoms with Crippen molar-refractivity contribution in [2.45, 2.75) is 19.7 Å². The molecular weight excluding hydrogens is 342 g/mol. The minimum Gasteiger partial charge on any atom is -0.358 e. The van der Waals surface area contributed by atoms with Crippen LogP contribution in [0.3, 0.4) is 0 Å². The molecule has 5 heteroatoms. The van der Waals surface area contributed by atoms with Crippen molar-refractivity contribution in [3.63, 3.8) is 0 Å². The fraction of sp³-hybridized carbons (Fsp3) is 0.375. The van der Waals surface area contributed by atoms with E-state index in [1.165, 1.54) is 31.4 Å². The number of rotatable bonds is 4. The van der Waals surface area contributed by atoms with Crippen LogP contribution in [0.4, 0.5) is 8.78 Å². The minimum atomic E-state index is -2.15. The summed E-state index contributed by atoms with van der Waals surface area (Å²) in [4.78, 5) is 0. The molecule has 21 heavy (non-hydrogen) atoms. The van der Waals surface area contributed by atoms with Gasteiger partial charge in [0.05, 0.1) is 4.48 Å². The predicted molar refractivity (Wildman–Crippen MR) is 82.0 cm³/mol. The average Bonchev–Trinajstić information content (AvgIpc) is 2.41. The summed E-state index contributed by atoms with van der Waals surface area (Å²) in [6.07, 6.45) is 3.52. The lowest BCUT2D eigenvalue weighted by atomic mass is 9.81. The highest BCUT2D eigenvalue weighted by atomic mass is 79.9. The van der Waals surface area contributed by atoms with Gasteiger partial charge in [0.2, 0.25) is 0 Å². The number of halogens is 3. The smallest absolute Gasteiger partial charge is 0.270 e. The maximum absolute atomic E-state index is 15.4. The fourth-order valence-electron chi connectivity index (χ4n) is 2.24. The number of allylic oxidation sites excluding steroid dienone is 2. The second kappa shape index (κ2) is 5.99. The quantitative estimate of drug-likeness (QED) is 0.718. The van der Waals surface area contributed by atoms with Crippen LogP contribution >= 0.6 is 15.9 Å². The van der Waals surface area contributed by atoms with E-state index in [2.05, 4.69) is 15.9 Å². The zero-order chi connectivity index (χ0) is 15.7. The highest BCUT2D eigenvalue weighted by Crippen LogP contribution is 2.48. The van der Waals surface area contributed by atoms with Gasteiger partial charge in [0.1, 0.15) is 5.82 Å². The molecule has 0 radical (unpaired) electrons. The molecule has 0 heterocycles. The number of alkyl halides is 1. The molecule has 0 aliphatic heterocycles. The van der Waals surface area contributed by atoms with Crippen molar-refractivity contribution in [3.05, 3.63) is 52.3 Å². The van der Waals surface area contributed by atoms with E-state index < -0.39 is 5.85 Å². The summed E-state index contributed by atoms with van der Waals surface area (Å²) in [6.45, 7) is 3.71. The lowest BCUT2D eigenvalue weighted by Gasteiger charge is -2.35. The van der Waals surface area contributed by atoms with E-state index >= 15 is 4.39 Å². The molecule has 0 amide bonds. The van der Waals surface area contributed by atoms with Gasteiger partial charge in [-0.1, -0.05) is 38.1 Å². The minimum absolute atomic E-state index is 0.196. The number of methoxy groups -OCH3 is 1. The lowest BCUT2D eigenvalue weighted by Crippen LogP contribution is -2.34. The molecular formula is C16H17BrF2O2. The summed E-state index contributed by atoms with van der Waals surface area (Å²) in [6, 6.07) is 5.67. The van der Waals surface area contributed by atoms with Crippen LogP contribution in [0.1, 0.15) is 19.4 Å². The van der Waals surface area contributed by atoms with E-state index in [-0.39, 0.29) is 22.5 Å². The first kappa shape index (κ1) is 16.3. The third kappa shape index (κ3) is 3.42. The zero-order valence-corrected chi connectivity index (χ0v) is 13.7. The van der Waals surface area contributed by atoms with Crippen molar-refractivity contribution in [2.24, 2.45) is 5.41 Å². The third-order valence-corrected chi connectivity index (χ3v) is 3.94. The largest absolute Gasteiger partial charge is 0.358 e. The fourth-order valence-corrected chi connectivity index (χ4v) is 3.16. The van der Waals surface area contributed by atoms with Gasteiger partial charge in [-0.3, -0.25) is 0 Å². The number of hydrogen-bond acceptors (Lipinski definition) is 2. The van der Waals surface area contributed by atoms with Crippen LogP contribution in [0.2, 0.25) is 0 Å². The number of ether oxygens (including phenoxy) is 2. The van der Waals surface area contributed by atoms with Gasteiger partial charge in [-0.2, -0.15) is 0 Å². The summed E-state index contributed by atoms with van der Waals surface area (Å²) in [7, 11) is 1.43. The molecule has 2 nitrogen and oxygen atoms in total. The molecule has 1 unspecified atom stereocenters. The lowest BCUT2D eigenvalue weighted by molar-refractivity contribution is -0.140. The highest BCUT2D eigenvalue weighted by Gasteiger charge is 2.44. The van der Waals surface area contributed by atoms with Crippen molar-refractivity contribution < 1.29 is 18.3 Å². The van der Waals surface area contributed by atoms with Crippen molar-refractivity contribution >= 4 is 21.5 Å². The van der Waals surface area contributed by atoms with Gasteiger partial charge in [-0.15, -0.1) is 0 Å². The monoisotopic (exact) mass is 358 g/mol. The van der Waals surface area contributed by atoms with Crippen LogP contribution in [-0.2, 0) is 9.47 Å². The zero-order valence-electron chi connectivity index (χ0n) is 12.1. The second-order valence-corrected chi connectivity index (χ2v) is 6.38. The Morgan fingerprint density at radius 1 is 1.14 bits per heavy atom. The SMILES string of the molecule is COCOC1(F)C(Br)=CC(C)(C)C=C1c1ccc(F)cc1. The Hall–Kier alpha value is -1.04. The van der Waals surface area contributed by atoms with E-state index in [4.69, 9.17) is 9.47 Å². The molecule has 0 spiro atoms. The summed E-state index contributed by atoms with van der Waals surface area (Å²) >= 11 is 3.26. The van der Waals surface area contributed by atoms with Gasteiger partial charge in [-0.05, 0) is 33.6 Å². The first-order chi connectivity index (χ1) is 9.78. The van der Waals surface area contributed by atoms with Crippen LogP contribution in [0, 0.1) is 11.2 Å². The average molecular weight is 359 g/mol. The van der Waals surface area contributed by atoms with E-state index in [1.54, 1.807) is 12.2 Å². The van der Waals surface area contributed by atoms with Gasteiger partial charge in [0.25, 0.3) is 5.85 Å². The Kier molecular flexibility index (Phi) is 4.66. The van der Waals surface area contributed by atoms with Gasteiger partial charge < -0.3 is 9.47 Å². The molecule has 0 saturated heterocycles. The molecule has 1 aromatic carbocycles. The van der Waals surface area contributed by atoms with E-state index in [0.717, 1.165) is 0 Å². The Balaban J connectivity index is 2.50. The summed E-state index contributed by atoms with van der Waals surface area (Å²) in [5.74, 6) is -2.52. The van der Waals surface area contributed by atoms with Crippen molar-refractivity contribution in [1.82, 2.24) is 0 Å². The predicted octanol–water partition coefficient (Wildman–Crippen LogP) is 4.81. The Bertz CT molecular complexity index is 578. The number of benzene rings is 1. The molecule has 1 atom stereocenters. The normalized spacial score (nSPS) is 24.5. The van der Waals surface area contributed by atoms with Crippen LogP contribution in [0.5, 0.6) is 0 Å². The van der Waals surface area contributed by atoms with Crippen LogP contribution in [0.25, 0.3) is 5.57 Å². The molecule has 0 saturated carbocycles. The maximum atomic E-state index is 15.4. The molecule has 1 aliphatic carbocycles. The van der Waals surface area contributed by atoms with E-state index in [0.29, 0.717) is 11.1 Å². The molecule has 2 rings (SSSR count). The molecule has 0 aromatic heterocycles. The Morgan fingerprint density at radius 2 is 1.76 bits per heavy atom. The standard InChI is InChI=1S/C16H17BrF2O2/c1-15(2)8-13(11-4-6-12(18)7-5-11)16(19,14(17)9-15)21-10-20-3/h4-9H,10H2,1-3H3. The molecule has 0 fully saturated rings. The first-order valence-corrected chi connectivity index (χ1v) is 7.28. The van der Waals surface area contributed by atoms with E-state index in [9.17, 15) is 4.39 Å². The van der Waals surface area contributed by atoms with Crippen LogP contribution < -0.4 is 0 Å². The molecule has 114 valence electrons. The Morgan fingerprint density at radius 3 is 2.33 bits per heavy atom. The van der Waals surface area contributed by atoms with Crippen LogP contribution in [0.15, 0.2) is 40.9 Å². The van der Waals surface area contributed by atoms with Gasteiger partial charge >= 0.3 is 0 Å². The summed E-state index contributed by atoms with van der Waals surface area (Å²) in [5, 5.41) is 0. The molecule has 0 bridgehead atoms. The maximum Gasteiger partial charge on any atom is 0.270 e. The van der Waals surface area contributed by atoms with Gasteiger partial charge in [0, 0.05) is 18.1 Å². The highest BCUT2D eigenvalue weighted by molar-refractivity contribution is 9.11. The van der Waals surface area contributed by atoms with Gasteiger partial charge in [0.15, 0.2) is 6.79 Å². The Labute approximate surface area is 131 Å². The van der Waals surface area contributed by atoms with E-state index in [1.807, 2.05) is 13.8 Å². The number of hydrogen-bond donors (Lipinski definition) is 0. The van der Waals surface area contributed by atoms with Crippen LogP contribution in [-0.4, -0.2) is 19.8 Å². The second-order valence-electron chi connectivity index (χ2n) is 5.52. The van der Waals surface area contributed by atoms with Crippen molar-refractivity contribution in [1.29, 1.82) is 0 Å². The molecule has 1 aromatic rings.